The minimum Gasteiger partial charge on any atom is -0.342 e. The quantitative estimate of drug-likeness (QED) is 0.678. The Kier molecular flexibility index (Phi) is 3.57. The summed E-state index contributed by atoms with van der Waals surface area (Å²) in [6, 6.07) is 0. The number of fused-ring (bicyclic) bond motifs is 3. The molecule has 8 heteroatoms. The molecule has 4 fully saturated rings. The Morgan fingerprint density at radius 3 is 2.08 bits per heavy atom. The fraction of sp³-hybridized carbons (Fsp3) is 0.875. The molecule has 0 unspecified atom stereocenters. The number of hydrogen-bond acceptors (Lipinski definition) is 7. The Morgan fingerprint density at radius 2 is 1.42 bits per heavy atom. The summed E-state index contributed by atoms with van der Waals surface area (Å²) >= 11 is 0. The van der Waals surface area contributed by atoms with Crippen LogP contribution in [0.5, 0.6) is 0 Å². The molecule has 0 spiro atoms. The SMILES string of the molecule is CC1(C)O[C@H]2[C@@H](O1)[C@@H](CN1C(=O)CCC1=O)O[C@@H]1OC(C)(C)O[C@@H]12. The molecule has 0 aromatic rings. The third-order valence-electron chi connectivity index (χ3n) is 4.77. The molecule has 4 rings (SSSR count). The lowest BCUT2D eigenvalue weighted by Crippen LogP contribution is -2.58. The molecule has 0 aromatic heterocycles. The zero-order valence-corrected chi connectivity index (χ0v) is 14.3. The van der Waals surface area contributed by atoms with Crippen molar-refractivity contribution in [3.8, 4) is 0 Å². The van der Waals surface area contributed by atoms with E-state index in [2.05, 4.69) is 0 Å². The van der Waals surface area contributed by atoms with Gasteiger partial charge in [0.1, 0.15) is 24.4 Å². The van der Waals surface area contributed by atoms with E-state index in [1.165, 1.54) is 4.90 Å². The molecule has 4 aliphatic heterocycles. The molecule has 0 bridgehead atoms. The van der Waals surface area contributed by atoms with Gasteiger partial charge in [0.15, 0.2) is 17.9 Å². The molecule has 0 aromatic carbocycles. The summed E-state index contributed by atoms with van der Waals surface area (Å²) in [7, 11) is 0. The standard InChI is InChI=1S/C16H23NO7/c1-15(2)21-11-8(7-17-9(18)5-6-10(17)19)20-14-13(12(11)22-15)23-16(3,4)24-14/h8,11-14H,5-7H2,1-4H3/t8-,11+,12+,13-,14-/m1/s1. The fourth-order valence-electron chi connectivity index (χ4n) is 3.85. The van der Waals surface area contributed by atoms with Crippen LogP contribution in [0.4, 0.5) is 0 Å². The van der Waals surface area contributed by atoms with Gasteiger partial charge in [0.05, 0.1) is 6.54 Å². The number of carbonyl (C=O) groups excluding carboxylic acids is 2. The highest BCUT2D eigenvalue weighted by atomic mass is 16.9. The fourth-order valence-corrected chi connectivity index (χ4v) is 3.85. The van der Waals surface area contributed by atoms with Crippen molar-refractivity contribution in [3.05, 3.63) is 0 Å². The van der Waals surface area contributed by atoms with Crippen LogP contribution in [0.2, 0.25) is 0 Å². The molecule has 0 N–H and O–H groups in total. The van der Waals surface area contributed by atoms with Gasteiger partial charge in [0.2, 0.25) is 11.8 Å². The number of hydrogen-bond donors (Lipinski definition) is 0. The van der Waals surface area contributed by atoms with Crippen LogP contribution in [0.1, 0.15) is 40.5 Å². The number of likely N-dealkylation sites (tertiary alicyclic amines) is 1. The van der Waals surface area contributed by atoms with Crippen molar-refractivity contribution in [1.82, 2.24) is 4.90 Å². The van der Waals surface area contributed by atoms with Crippen LogP contribution >= 0.6 is 0 Å². The summed E-state index contributed by atoms with van der Waals surface area (Å²) in [5.41, 5.74) is 0. The van der Waals surface area contributed by atoms with Crippen molar-refractivity contribution in [2.24, 2.45) is 0 Å². The average Bonchev–Trinajstić information content (AvgIpc) is 3.05. The van der Waals surface area contributed by atoms with Gasteiger partial charge in [0, 0.05) is 12.8 Å². The van der Waals surface area contributed by atoms with Gasteiger partial charge in [-0.3, -0.25) is 14.5 Å². The third kappa shape index (κ3) is 2.66. The largest absolute Gasteiger partial charge is 0.342 e. The molecule has 24 heavy (non-hydrogen) atoms. The van der Waals surface area contributed by atoms with Crippen LogP contribution in [-0.2, 0) is 33.3 Å². The second kappa shape index (κ2) is 5.22. The predicted octanol–water partition coefficient (Wildman–Crippen LogP) is 0.532. The normalized spacial score (nSPS) is 43.2. The first-order valence-electron chi connectivity index (χ1n) is 8.35. The summed E-state index contributed by atoms with van der Waals surface area (Å²) in [5.74, 6) is -1.93. The highest BCUT2D eigenvalue weighted by Gasteiger charge is 2.61. The number of ether oxygens (including phenoxy) is 5. The Bertz CT molecular complexity index is 559. The maximum atomic E-state index is 11.9. The van der Waals surface area contributed by atoms with Gasteiger partial charge >= 0.3 is 0 Å². The van der Waals surface area contributed by atoms with E-state index in [1.807, 2.05) is 27.7 Å². The van der Waals surface area contributed by atoms with Gasteiger partial charge < -0.3 is 23.7 Å². The lowest BCUT2D eigenvalue weighted by molar-refractivity contribution is -0.236. The topological polar surface area (TPSA) is 83.5 Å². The van der Waals surface area contributed by atoms with Crippen LogP contribution in [0, 0.1) is 0 Å². The molecule has 5 atom stereocenters. The Labute approximate surface area is 140 Å². The van der Waals surface area contributed by atoms with E-state index in [9.17, 15) is 9.59 Å². The van der Waals surface area contributed by atoms with Gasteiger partial charge in [-0.25, -0.2) is 0 Å². The van der Waals surface area contributed by atoms with Crippen LogP contribution in [0.3, 0.4) is 0 Å². The summed E-state index contributed by atoms with van der Waals surface area (Å²) < 4.78 is 29.7. The minimum atomic E-state index is -0.791. The zero-order chi connectivity index (χ0) is 17.3. The van der Waals surface area contributed by atoms with E-state index in [1.54, 1.807) is 0 Å². The molecule has 2 amide bonds. The second-order valence-corrected chi connectivity index (χ2v) is 7.61. The molecule has 0 saturated carbocycles. The van der Waals surface area contributed by atoms with Gasteiger partial charge in [-0.15, -0.1) is 0 Å². The van der Waals surface area contributed by atoms with Crippen molar-refractivity contribution >= 4 is 11.8 Å². The number of carbonyl (C=O) groups is 2. The van der Waals surface area contributed by atoms with Crippen molar-refractivity contribution in [2.45, 2.75) is 82.8 Å². The molecule has 134 valence electrons. The maximum absolute atomic E-state index is 11.9. The molecule has 4 saturated heterocycles. The summed E-state index contributed by atoms with van der Waals surface area (Å²) in [5, 5.41) is 0. The lowest BCUT2D eigenvalue weighted by Gasteiger charge is -2.38. The molecule has 4 heterocycles. The Hall–Kier alpha value is -1.06. The Morgan fingerprint density at radius 1 is 0.875 bits per heavy atom. The maximum Gasteiger partial charge on any atom is 0.229 e. The Balaban J connectivity index is 1.58. The van der Waals surface area contributed by atoms with E-state index >= 15 is 0 Å². The predicted molar refractivity (Wildman–Crippen MR) is 78.5 cm³/mol. The second-order valence-electron chi connectivity index (χ2n) is 7.61. The minimum absolute atomic E-state index is 0.144. The monoisotopic (exact) mass is 341 g/mol. The van der Waals surface area contributed by atoms with Crippen LogP contribution in [-0.4, -0.2) is 65.5 Å². The van der Waals surface area contributed by atoms with Gasteiger partial charge in [-0.2, -0.15) is 0 Å². The number of amides is 2. The van der Waals surface area contributed by atoms with Gasteiger partial charge in [-0.05, 0) is 27.7 Å². The first-order chi connectivity index (χ1) is 11.2. The number of nitrogens with zero attached hydrogens (tertiary/aromatic N) is 1. The first-order valence-corrected chi connectivity index (χ1v) is 8.35. The molecular weight excluding hydrogens is 318 g/mol. The third-order valence-corrected chi connectivity index (χ3v) is 4.77. The molecular formula is C16H23NO7. The van der Waals surface area contributed by atoms with E-state index in [4.69, 9.17) is 23.7 Å². The van der Waals surface area contributed by atoms with E-state index in [0.29, 0.717) is 0 Å². The van der Waals surface area contributed by atoms with Crippen molar-refractivity contribution < 1.29 is 33.3 Å². The van der Waals surface area contributed by atoms with Crippen LogP contribution < -0.4 is 0 Å². The van der Waals surface area contributed by atoms with Gasteiger partial charge in [0.25, 0.3) is 0 Å². The lowest BCUT2D eigenvalue weighted by atomic mass is 9.98. The van der Waals surface area contributed by atoms with E-state index in [0.717, 1.165) is 0 Å². The van der Waals surface area contributed by atoms with Crippen LogP contribution in [0.15, 0.2) is 0 Å². The number of rotatable bonds is 2. The smallest absolute Gasteiger partial charge is 0.229 e. The van der Waals surface area contributed by atoms with Crippen molar-refractivity contribution in [2.75, 3.05) is 6.54 Å². The zero-order valence-electron chi connectivity index (χ0n) is 14.3. The average molecular weight is 341 g/mol. The van der Waals surface area contributed by atoms with E-state index < -0.39 is 36.2 Å². The van der Waals surface area contributed by atoms with Crippen LogP contribution in [0.25, 0.3) is 0 Å². The molecule has 0 radical (unpaired) electrons. The summed E-state index contributed by atoms with van der Waals surface area (Å²) in [4.78, 5) is 25.1. The highest BCUT2D eigenvalue weighted by molar-refractivity contribution is 6.01. The molecule has 8 nitrogen and oxygen atoms in total. The first kappa shape index (κ1) is 16.4. The molecule has 4 aliphatic rings. The van der Waals surface area contributed by atoms with Gasteiger partial charge in [-0.1, -0.05) is 0 Å². The van der Waals surface area contributed by atoms with E-state index in [-0.39, 0.29) is 37.3 Å². The van der Waals surface area contributed by atoms with Crippen molar-refractivity contribution in [3.63, 3.8) is 0 Å². The highest BCUT2D eigenvalue weighted by Crippen LogP contribution is 2.44. The summed E-state index contributed by atoms with van der Waals surface area (Å²) in [6.07, 6.45) is -1.84. The molecule has 0 aliphatic carbocycles. The van der Waals surface area contributed by atoms with Crippen molar-refractivity contribution in [1.29, 1.82) is 0 Å². The number of imide groups is 1. The summed E-state index contributed by atoms with van der Waals surface area (Å²) in [6.45, 7) is 7.42.